The molecular weight excluding hydrogens is 268 g/mol. The van der Waals surface area contributed by atoms with E-state index in [2.05, 4.69) is 5.32 Å². The van der Waals surface area contributed by atoms with E-state index in [1.165, 1.54) is 6.92 Å². The minimum atomic E-state index is -1.14. The highest BCUT2D eigenvalue weighted by Crippen LogP contribution is 2.09. The molecule has 2 atom stereocenters. The molecule has 0 aromatic rings. The maximum absolute atomic E-state index is 11.7. The lowest BCUT2D eigenvalue weighted by Gasteiger charge is -2.21. The fraction of sp³-hybridized carbons (Fsp3) is 0.667. The van der Waals surface area contributed by atoms with Gasteiger partial charge in [-0.15, -0.1) is 0 Å². The first kappa shape index (κ1) is 15.9. The fourth-order valence-electron chi connectivity index (χ4n) is 1.41. The lowest BCUT2D eigenvalue weighted by molar-refractivity contribution is -0.155. The van der Waals surface area contributed by atoms with Crippen LogP contribution in [0.4, 0.5) is 4.79 Å². The van der Waals surface area contributed by atoms with Gasteiger partial charge in [-0.1, -0.05) is 0 Å². The molecule has 1 aliphatic rings. The second kappa shape index (κ2) is 5.89. The van der Waals surface area contributed by atoms with Crippen molar-refractivity contribution in [2.75, 3.05) is 0 Å². The first-order valence-electron chi connectivity index (χ1n) is 6.12. The van der Waals surface area contributed by atoms with Gasteiger partial charge in [0.25, 0.3) is 5.91 Å². The SMILES string of the molecule is C[C@@H](NC(=O)OC(C)(C)C)C(=O)O[C@@H]1CC(=O)NC1=O. The van der Waals surface area contributed by atoms with Gasteiger partial charge in [0, 0.05) is 0 Å². The second-order valence-electron chi connectivity index (χ2n) is 5.41. The van der Waals surface area contributed by atoms with E-state index in [-0.39, 0.29) is 6.42 Å². The fourth-order valence-corrected chi connectivity index (χ4v) is 1.41. The number of rotatable bonds is 3. The Morgan fingerprint density at radius 2 is 1.95 bits per heavy atom. The molecule has 112 valence electrons. The third-order valence-electron chi connectivity index (χ3n) is 2.27. The van der Waals surface area contributed by atoms with Gasteiger partial charge in [-0.2, -0.15) is 0 Å². The summed E-state index contributed by atoms with van der Waals surface area (Å²) in [6, 6.07) is -0.992. The van der Waals surface area contributed by atoms with Crippen LogP contribution in [0, 0.1) is 0 Å². The van der Waals surface area contributed by atoms with Gasteiger partial charge in [0.2, 0.25) is 5.91 Å². The molecule has 0 bridgehead atoms. The molecule has 0 aromatic heterocycles. The number of carbonyl (C=O) groups is 4. The Morgan fingerprint density at radius 3 is 2.40 bits per heavy atom. The van der Waals surface area contributed by atoms with Gasteiger partial charge in [-0.3, -0.25) is 14.9 Å². The van der Waals surface area contributed by atoms with Crippen molar-refractivity contribution in [3.63, 3.8) is 0 Å². The number of ether oxygens (including phenoxy) is 2. The van der Waals surface area contributed by atoms with Gasteiger partial charge in [0.1, 0.15) is 11.6 Å². The molecule has 8 heteroatoms. The van der Waals surface area contributed by atoms with Crippen LogP contribution < -0.4 is 10.6 Å². The maximum atomic E-state index is 11.7. The zero-order valence-electron chi connectivity index (χ0n) is 11.8. The Balaban J connectivity index is 2.45. The summed E-state index contributed by atoms with van der Waals surface area (Å²) in [6.45, 7) is 6.44. The first-order chi connectivity index (χ1) is 9.08. The predicted octanol–water partition coefficient (Wildman–Crippen LogP) is -0.142. The standard InChI is InChI=1S/C12H18N2O6/c1-6(13-11(18)20-12(2,3)4)10(17)19-7-5-8(15)14-9(7)16/h6-7H,5H2,1-4H3,(H,13,18)(H,14,15,16)/t6-,7-/m1/s1. The number of hydrogen-bond acceptors (Lipinski definition) is 6. The molecule has 8 nitrogen and oxygen atoms in total. The van der Waals surface area contributed by atoms with E-state index in [0.717, 1.165) is 0 Å². The summed E-state index contributed by atoms with van der Waals surface area (Å²) in [5.41, 5.74) is -0.689. The van der Waals surface area contributed by atoms with Crippen LogP contribution in [0.25, 0.3) is 0 Å². The van der Waals surface area contributed by atoms with Crippen molar-refractivity contribution >= 4 is 23.9 Å². The molecule has 0 aromatic carbocycles. The molecule has 1 aliphatic heterocycles. The first-order valence-corrected chi connectivity index (χ1v) is 6.12. The maximum Gasteiger partial charge on any atom is 0.408 e. The van der Waals surface area contributed by atoms with E-state index in [9.17, 15) is 19.2 Å². The van der Waals surface area contributed by atoms with Crippen LogP contribution in [0.2, 0.25) is 0 Å². The molecule has 0 unspecified atom stereocenters. The monoisotopic (exact) mass is 286 g/mol. The van der Waals surface area contributed by atoms with Crippen LogP contribution in [0.15, 0.2) is 0 Å². The van der Waals surface area contributed by atoms with E-state index < -0.39 is 41.6 Å². The summed E-state index contributed by atoms with van der Waals surface area (Å²) in [7, 11) is 0. The topological polar surface area (TPSA) is 111 Å². The normalized spacial score (nSPS) is 20.1. The quantitative estimate of drug-likeness (QED) is 0.551. The van der Waals surface area contributed by atoms with Crippen LogP contribution in [-0.2, 0) is 23.9 Å². The third kappa shape index (κ3) is 4.87. The molecule has 0 spiro atoms. The molecule has 1 saturated heterocycles. The summed E-state index contributed by atoms with van der Waals surface area (Å²) >= 11 is 0. The summed E-state index contributed by atoms with van der Waals surface area (Å²) in [5.74, 6) is -1.97. The zero-order valence-corrected chi connectivity index (χ0v) is 11.8. The van der Waals surface area contributed by atoms with E-state index in [1.807, 2.05) is 5.32 Å². The number of alkyl carbamates (subject to hydrolysis) is 1. The molecule has 20 heavy (non-hydrogen) atoms. The zero-order chi connectivity index (χ0) is 15.5. The Bertz CT molecular complexity index is 440. The van der Waals surface area contributed by atoms with E-state index in [0.29, 0.717) is 0 Å². The molecule has 1 fully saturated rings. The number of imide groups is 1. The molecule has 0 saturated carbocycles. The minimum absolute atomic E-state index is 0.205. The van der Waals surface area contributed by atoms with Gasteiger partial charge in [0.15, 0.2) is 6.10 Å². The number of hydrogen-bond donors (Lipinski definition) is 2. The smallest absolute Gasteiger partial charge is 0.408 e. The molecule has 1 heterocycles. The average Bonchev–Trinajstić information content (AvgIpc) is 2.54. The Morgan fingerprint density at radius 1 is 1.35 bits per heavy atom. The summed E-state index contributed by atoms with van der Waals surface area (Å²) in [5, 5.41) is 4.30. The highest BCUT2D eigenvalue weighted by atomic mass is 16.6. The highest BCUT2D eigenvalue weighted by Gasteiger charge is 2.35. The van der Waals surface area contributed by atoms with Crippen molar-refractivity contribution in [3.8, 4) is 0 Å². The molecule has 3 amide bonds. The number of nitrogens with one attached hydrogen (secondary N) is 2. The molecule has 0 radical (unpaired) electrons. The minimum Gasteiger partial charge on any atom is -0.450 e. The van der Waals surface area contributed by atoms with Crippen molar-refractivity contribution in [1.29, 1.82) is 0 Å². The Hall–Kier alpha value is -2.12. The van der Waals surface area contributed by atoms with Gasteiger partial charge in [-0.05, 0) is 27.7 Å². The van der Waals surface area contributed by atoms with Crippen molar-refractivity contribution in [2.24, 2.45) is 0 Å². The van der Waals surface area contributed by atoms with Gasteiger partial charge >= 0.3 is 12.1 Å². The second-order valence-corrected chi connectivity index (χ2v) is 5.41. The largest absolute Gasteiger partial charge is 0.450 e. The van der Waals surface area contributed by atoms with E-state index >= 15 is 0 Å². The van der Waals surface area contributed by atoms with Crippen molar-refractivity contribution in [1.82, 2.24) is 10.6 Å². The van der Waals surface area contributed by atoms with E-state index in [1.54, 1.807) is 20.8 Å². The highest BCUT2D eigenvalue weighted by molar-refractivity contribution is 6.05. The van der Waals surface area contributed by atoms with Gasteiger partial charge < -0.3 is 14.8 Å². The number of amides is 3. The summed E-state index contributed by atoms with van der Waals surface area (Å²) in [4.78, 5) is 45.3. The van der Waals surface area contributed by atoms with Crippen LogP contribution >= 0.6 is 0 Å². The van der Waals surface area contributed by atoms with Crippen molar-refractivity contribution in [3.05, 3.63) is 0 Å². The lowest BCUT2D eigenvalue weighted by Crippen LogP contribution is -2.44. The molecule has 2 N–H and O–H groups in total. The lowest BCUT2D eigenvalue weighted by atomic mass is 10.2. The predicted molar refractivity (Wildman–Crippen MR) is 66.5 cm³/mol. The summed E-state index contributed by atoms with van der Waals surface area (Å²) < 4.78 is 9.82. The van der Waals surface area contributed by atoms with Crippen LogP contribution in [0.3, 0.4) is 0 Å². The average molecular weight is 286 g/mol. The molecule has 1 rings (SSSR count). The van der Waals surface area contributed by atoms with Gasteiger partial charge in [-0.25, -0.2) is 9.59 Å². The van der Waals surface area contributed by atoms with Crippen LogP contribution in [0.5, 0.6) is 0 Å². The number of carbonyl (C=O) groups excluding carboxylic acids is 4. The van der Waals surface area contributed by atoms with E-state index in [4.69, 9.17) is 9.47 Å². The summed E-state index contributed by atoms with van der Waals surface area (Å²) in [6.07, 6.45) is -2.12. The molecular formula is C12H18N2O6. The van der Waals surface area contributed by atoms with Crippen LogP contribution in [0.1, 0.15) is 34.1 Å². The van der Waals surface area contributed by atoms with Gasteiger partial charge in [0.05, 0.1) is 6.42 Å². The van der Waals surface area contributed by atoms with Crippen molar-refractivity contribution < 1.29 is 28.7 Å². The van der Waals surface area contributed by atoms with Crippen LogP contribution in [-0.4, -0.2) is 41.6 Å². The number of esters is 1. The third-order valence-corrected chi connectivity index (χ3v) is 2.27. The molecule has 0 aliphatic carbocycles. The van der Waals surface area contributed by atoms with Crippen molar-refractivity contribution in [2.45, 2.75) is 51.9 Å². The Kier molecular flexibility index (Phi) is 4.69. The Labute approximate surface area is 116 Å².